The Morgan fingerprint density at radius 2 is 2.00 bits per heavy atom. The smallest absolute Gasteiger partial charge is 0.287 e. The minimum absolute atomic E-state index is 0.0664. The molecule has 7 heteroatoms. The number of fused-ring (bicyclic) bond motifs is 1. The van der Waals surface area contributed by atoms with Gasteiger partial charge in [-0.3, -0.25) is 14.4 Å². The van der Waals surface area contributed by atoms with Gasteiger partial charge in [0.15, 0.2) is 11.2 Å². The highest BCUT2D eigenvalue weighted by atomic mass is 16.3. The zero-order valence-electron chi connectivity index (χ0n) is 13.0. The van der Waals surface area contributed by atoms with Crippen LogP contribution < -0.4 is 16.3 Å². The van der Waals surface area contributed by atoms with E-state index in [0.717, 1.165) is 6.07 Å². The monoisotopic (exact) mass is 325 g/mol. The molecule has 0 saturated carbocycles. The van der Waals surface area contributed by atoms with Crippen molar-refractivity contribution in [1.82, 2.24) is 15.1 Å². The minimum Gasteiger partial charge on any atom is -0.451 e. The van der Waals surface area contributed by atoms with Crippen molar-refractivity contribution >= 4 is 16.9 Å². The lowest BCUT2D eigenvalue weighted by Gasteiger charge is -2.07. The molecule has 1 aromatic carbocycles. The van der Waals surface area contributed by atoms with Crippen LogP contribution in [0.25, 0.3) is 11.0 Å². The number of nitrogens with zero attached hydrogens (tertiary/aromatic N) is 2. The van der Waals surface area contributed by atoms with Crippen molar-refractivity contribution in [1.29, 1.82) is 0 Å². The first-order valence-corrected chi connectivity index (χ1v) is 7.40. The van der Waals surface area contributed by atoms with Crippen molar-refractivity contribution < 1.29 is 9.21 Å². The van der Waals surface area contributed by atoms with Crippen molar-refractivity contribution in [3.05, 3.63) is 74.5 Å². The summed E-state index contributed by atoms with van der Waals surface area (Å²) in [6, 6.07) is 10.9. The molecule has 3 rings (SSSR count). The molecule has 122 valence electrons. The second-order valence-electron chi connectivity index (χ2n) is 5.26. The van der Waals surface area contributed by atoms with Gasteiger partial charge in [0.1, 0.15) is 5.58 Å². The molecule has 0 aliphatic heterocycles. The molecule has 0 fully saturated rings. The summed E-state index contributed by atoms with van der Waals surface area (Å²) in [6.45, 7) is 2.19. The summed E-state index contributed by atoms with van der Waals surface area (Å²) in [7, 11) is 0. The lowest BCUT2D eigenvalue weighted by Crippen LogP contribution is -2.32. The number of aryl methyl sites for hydroxylation is 1. The molecule has 0 radical (unpaired) electrons. The molecule has 0 bridgehead atoms. The van der Waals surface area contributed by atoms with Crippen molar-refractivity contribution in [2.24, 2.45) is 0 Å². The first-order valence-electron chi connectivity index (χ1n) is 7.40. The Morgan fingerprint density at radius 3 is 2.83 bits per heavy atom. The van der Waals surface area contributed by atoms with E-state index in [4.69, 9.17) is 4.42 Å². The van der Waals surface area contributed by atoms with Crippen LogP contribution in [0.2, 0.25) is 0 Å². The highest BCUT2D eigenvalue weighted by Gasteiger charge is 2.11. The summed E-state index contributed by atoms with van der Waals surface area (Å²) in [5, 5.41) is 7.11. The molecule has 2 aromatic heterocycles. The maximum atomic E-state index is 12.1. The maximum absolute atomic E-state index is 12.1. The summed E-state index contributed by atoms with van der Waals surface area (Å²) in [5.41, 5.74) is 0.541. The molecule has 1 N–H and O–H groups in total. The van der Waals surface area contributed by atoms with Crippen molar-refractivity contribution in [3.63, 3.8) is 0 Å². The van der Waals surface area contributed by atoms with Crippen molar-refractivity contribution in [2.45, 2.75) is 13.5 Å². The van der Waals surface area contributed by atoms with Gasteiger partial charge < -0.3 is 9.73 Å². The van der Waals surface area contributed by atoms with E-state index in [2.05, 4.69) is 10.4 Å². The fourth-order valence-corrected chi connectivity index (χ4v) is 2.29. The second kappa shape index (κ2) is 6.49. The van der Waals surface area contributed by atoms with Gasteiger partial charge in [-0.15, -0.1) is 0 Å². The van der Waals surface area contributed by atoms with Gasteiger partial charge in [-0.2, -0.15) is 5.10 Å². The number of hydrogen-bond acceptors (Lipinski definition) is 5. The number of nitrogens with one attached hydrogen (secondary N) is 1. The van der Waals surface area contributed by atoms with Crippen LogP contribution in [0.5, 0.6) is 0 Å². The Labute approximate surface area is 136 Å². The number of carbonyl (C=O) groups is 1. The molecule has 0 spiro atoms. The fraction of sp³-hybridized carbons (Fsp3) is 0.176. The van der Waals surface area contributed by atoms with E-state index < -0.39 is 5.91 Å². The van der Waals surface area contributed by atoms with Crippen LogP contribution in [-0.2, 0) is 6.54 Å². The molecular weight excluding hydrogens is 310 g/mol. The Balaban J connectivity index is 1.72. The summed E-state index contributed by atoms with van der Waals surface area (Å²) in [6.07, 6.45) is 0. The molecule has 7 nitrogen and oxygen atoms in total. The van der Waals surface area contributed by atoms with Crippen LogP contribution in [0.4, 0.5) is 0 Å². The Morgan fingerprint density at radius 1 is 1.21 bits per heavy atom. The summed E-state index contributed by atoms with van der Waals surface area (Å²) >= 11 is 0. The first kappa shape index (κ1) is 15.7. The highest BCUT2D eigenvalue weighted by molar-refractivity contribution is 5.93. The largest absolute Gasteiger partial charge is 0.451 e. The Bertz CT molecular complexity index is 1020. The van der Waals surface area contributed by atoms with Crippen molar-refractivity contribution in [3.8, 4) is 0 Å². The zero-order chi connectivity index (χ0) is 17.1. The summed E-state index contributed by atoms with van der Waals surface area (Å²) in [4.78, 5) is 35.8. The number of para-hydroxylation sites is 1. The van der Waals surface area contributed by atoms with Gasteiger partial charge in [-0.1, -0.05) is 12.1 Å². The Kier molecular flexibility index (Phi) is 4.24. The van der Waals surface area contributed by atoms with Crippen LogP contribution in [0.15, 0.2) is 56.5 Å². The third kappa shape index (κ3) is 3.24. The highest BCUT2D eigenvalue weighted by Crippen LogP contribution is 2.11. The molecule has 0 aliphatic rings. The normalized spacial score (nSPS) is 10.7. The number of benzene rings is 1. The lowest BCUT2D eigenvalue weighted by atomic mass is 10.2. The van der Waals surface area contributed by atoms with Crippen LogP contribution >= 0.6 is 0 Å². The quantitative estimate of drug-likeness (QED) is 0.775. The lowest BCUT2D eigenvalue weighted by molar-refractivity contribution is 0.0924. The topological polar surface area (TPSA) is 94.2 Å². The van der Waals surface area contributed by atoms with Crippen molar-refractivity contribution in [2.75, 3.05) is 6.54 Å². The van der Waals surface area contributed by atoms with E-state index in [1.165, 1.54) is 10.7 Å². The van der Waals surface area contributed by atoms with E-state index in [1.54, 1.807) is 37.3 Å². The number of rotatable bonds is 4. The predicted octanol–water partition coefficient (Wildman–Crippen LogP) is 1.09. The number of amides is 1. The van der Waals surface area contributed by atoms with Crippen LogP contribution in [-0.4, -0.2) is 22.2 Å². The molecule has 1 amide bonds. The number of hydrogen-bond donors (Lipinski definition) is 1. The molecule has 2 heterocycles. The number of aromatic nitrogens is 2. The number of carbonyl (C=O) groups excluding carboxylic acids is 1. The third-order valence-corrected chi connectivity index (χ3v) is 3.47. The van der Waals surface area contributed by atoms with Gasteiger partial charge >= 0.3 is 0 Å². The van der Waals surface area contributed by atoms with E-state index in [1.807, 2.05) is 0 Å². The molecule has 0 atom stereocenters. The van der Waals surface area contributed by atoms with Gasteiger partial charge in [0, 0.05) is 18.7 Å². The van der Waals surface area contributed by atoms with Gasteiger partial charge in [-0.05, 0) is 25.1 Å². The van der Waals surface area contributed by atoms with E-state index >= 15 is 0 Å². The predicted molar refractivity (Wildman–Crippen MR) is 88.1 cm³/mol. The first-order chi connectivity index (χ1) is 11.5. The molecule has 0 aliphatic carbocycles. The van der Waals surface area contributed by atoms with Gasteiger partial charge in [0.05, 0.1) is 17.6 Å². The molecule has 0 unspecified atom stereocenters. The van der Waals surface area contributed by atoms with Crippen LogP contribution in [0, 0.1) is 6.92 Å². The minimum atomic E-state index is -0.515. The third-order valence-electron chi connectivity index (χ3n) is 3.47. The van der Waals surface area contributed by atoms with Gasteiger partial charge in [-0.25, -0.2) is 4.68 Å². The average molecular weight is 325 g/mol. The molecule has 3 aromatic rings. The van der Waals surface area contributed by atoms with E-state index in [-0.39, 0.29) is 29.8 Å². The fourth-order valence-electron chi connectivity index (χ4n) is 2.29. The molecular formula is C17H15N3O4. The molecule has 24 heavy (non-hydrogen) atoms. The van der Waals surface area contributed by atoms with Crippen LogP contribution in [0.3, 0.4) is 0 Å². The van der Waals surface area contributed by atoms with E-state index in [0.29, 0.717) is 16.7 Å². The summed E-state index contributed by atoms with van der Waals surface area (Å²) < 4.78 is 6.72. The SMILES string of the molecule is Cc1ccc(=O)n(CCNC(=O)c2cc(=O)c3ccccc3o2)n1. The summed E-state index contributed by atoms with van der Waals surface area (Å²) in [5.74, 6) is -0.582. The van der Waals surface area contributed by atoms with Gasteiger partial charge in [0.2, 0.25) is 0 Å². The maximum Gasteiger partial charge on any atom is 0.287 e. The average Bonchev–Trinajstić information content (AvgIpc) is 2.58. The van der Waals surface area contributed by atoms with Gasteiger partial charge in [0.25, 0.3) is 11.5 Å². The zero-order valence-corrected chi connectivity index (χ0v) is 13.0. The standard InChI is InChI=1S/C17H15N3O4/c1-11-6-7-16(22)20(19-11)9-8-18-17(23)15-10-13(21)12-4-2-3-5-14(12)24-15/h2-7,10H,8-9H2,1H3,(H,18,23). The Hall–Kier alpha value is -3.22. The van der Waals surface area contributed by atoms with Crippen LogP contribution in [0.1, 0.15) is 16.2 Å². The van der Waals surface area contributed by atoms with E-state index in [9.17, 15) is 14.4 Å². The molecule has 0 saturated heterocycles. The second-order valence-corrected chi connectivity index (χ2v) is 5.26.